The van der Waals surface area contributed by atoms with Crippen molar-refractivity contribution in [1.82, 2.24) is 4.98 Å². The van der Waals surface area contributed by atoms with E-state index < -0.39 is 5.97 Å². The van der Waals surface area contributed by atoms with E-state index in [1.165, 1.54) is 19.4 Å². The van der Waals surface area contributed by atoms with Gasteiger partial charge in [0.15, 0.2) is 5.69 Å². The van der Waals surface area contributed by atoms with E-state index in [-0.39, 0.29) is 11.5 Å². The first kappa shape index (κ1) is 12.2. The second-order valence-electron chi connectivity index (χ2n) is 3.86. The molecule has 4 heteroatoms. The highest BCUT2D eigenvalue weighted by molar-refractivity contribution is 5.89. The number of aromatic nitrogens is 1. The van der Waals surface area contributed by atoms with Crippen molar-refractivity contribution in [1.29, 1.82) is 0 Å². The minimum Gasteiger partial charge on any atom is -0.464 e. The lowest BCUT2D eigenvalue weighted by Crippen LogP contribution is -2.06. The van der Waals surface area contributed by atoms with E-state index in [0.29, 0.717) is 16.7 Å². The topological polar surface area (TPSA) is 39.2 Å². The van der Waals surface area contributed by atoms with Crippen LogP contribution in [0.15, 0.2) is 36.5 Å². The number of carbonyl (C=O) groups excluding carboxylic acids is 1. The average molecular weight is 245 g/mol. The third-order valence-corrected chi connectivity index (χ3v) is 2.64. The van der Waals surface area contributed by atoms with Gasteiger partial charge in [0.1, 0.15) is 5.82 Å². The van der Waals surface area contributed by atoms with Gasteiger partial charge in [-0.2, -0.15) is 0 Å². The molecule has 0 spiro atoms. The second-order valence-corrected chi connectivity index (χ2v) is 3.86. The fraction of sp³-hybridized carbons (Fsp3) is 0.143. The van der Waals surface area contributed by atoms with Crippen LogP contribution in [0.2, 0.25) is 0 Å². The molecular weight excluding hydrogens is 233 g/mol. The largest absolute Gasteiger partial charge is 0.464 e. The van der Waals surface area contributed by atoms with Crippen molar-refractivity contribution in [3.8, 4) is 11.1 Å². The molecule has 2 rings (SSSR count). The summed E-state index contributed by atoms with van der Waals surface area (Å²) >= 11 is 0. The van der Waals surface area contributed by atoms with Crippen molar-refractivity contribution in [3.63, 3.8) is 0 Å². The van der Waals surface area contributed by atoms with Crippen molar-refractivity contribution in [2.75, 3.05) is 7.11 Å². The Hall–Kier alpha value is -2.23. The molecule has 1 aromatic heterocycles. The molecule has 0 saturated carbocycles. The summed E-state index contributed by atoms with van der Waals surface area (Å²) in [7, 11) is 1.30. The monoisotopic (exact) mass is 245 g/mol. The number of hydrogen-bond acceptors (Lipinski definition) is 3. The summed E-state index contributed by atoms with van der Waals surface area (Å²) in [5.74, 6) is -0.808. The molecule has 3 nitrogen and oxygen atoms in total. The van der Waals surface area contributed by atoms with Gasteiger partial charge in [-0.05, 0) is 24.6 Å². The molecule has 0 bridgehead atoms. The van der Waals surface area contributed by atoms with Gasteiger partial charge in [-0.25, -0.2) is 14.2 Å². The molecular formula is C14H12FNO2. The summed E-state index contributed by atoms with van der Waals surface area (Å²) in [6.07, 6.45) is 1.47. The molecule has 0 atom stereocenters. The summed E-state index contributed by atoms with van der Waals surface area (Å²) < 4.78 is 18.2. The maximum Gasteiger partial charge on any atom is 0.356 e. The first-order valence-electron chi connectivity index (χ1n) is 5.43. The normalized spacial score (nSPS) is 10.2. The number of hydrogen-bond donors (Lipinski definition) is 0. The van der Waals surface area contributed by atoms with Crippen LogP contribution in [0, 0.1) is 12.7 Å². The van der Waals surface area contributed by atoms with E-state index in [1.54, 1.807) is 31.2 Å². The van der Waals surface area contributed by atoms with Crippen molar-refractivity contribution in [2.45, 2.75) is 6.92 Å². The molecule has 0 radical (unpaired) electrons. The maximum absolute atomic E-state index is 13.6. The summed E-state index contributed by atoms with van der Waals surface area (Å²) in [5, 5.41) is 0. The first-order chi connectivity index (χ1) is 8.63. The summed E-state index contributed by atoms with van der Waals surface area (Å²) in [5.41, 5.74) is 2.00. The Morgan fingerprint density at radius 1 is 1.33 bits per heavy atom. The lowest BCUT2D eigenvalue weighted by Gasteiger charge is -2.07. The second kappa shape index (κ2) is 4.96. The summed E-state index contributed by atoms with van der Waals surface area (Å²) in [4.78, 5) is 15.4. The lowest BCUT2D eigenvalue weighted by molar-refractivity contribution is 0.0593. The predicted octanol–water partition coefficient (Wildman–Crippen LogP) is 2.98. The van der Waals surface area contributed by atoms with E-state index >= 15 is 0 Å². The highest BCUT2D eigenvalue weighted by atomic mass is 19.1. The fourth-order valence-electron chi connectivity index (χ4n) is 1.73. The number of benzene rings is 1. The lowest BCUT2D eigenvalue weighted by atomic mass is 10.0. The Morgan fingerprint density at radius 2 is 2.06 bits per heavy atom. The van der Waals surface area contributed by atoms with Crippen LogP contribution in [0.5, 0.6) is 0 Å². The Kier molecular flexibility index (Phi) is 3.37. The zero-order chi connectivity index (χ0) is 13.1. The van der Waals surface area contributed by atoms with Crippen molar-refractivity contribution in [3.05, 3.63) is 53.6 Å². The Morgan fingerprint density at radius 3 is 2.67 bits per heavy atom. The van der Waals surface area contributed by atoms with Crippen LogP contribution in [0.25, 0.3) is 11.1 Å². The molecule has 2 aromatic rings. The van der Waals surface area contributed by atoms with Gasteiger partial charge in [0.05, 0.1) is 7.11 Å². The van der Waals surface area contributed by atoms with Gasteiger partial charge in [-0.3, -0.25) is 0 Å². The van der Waals surface area contributed by atoms with Crippen molar-refractivity contribution < 1.29 is 13.9 Å². The highest BCUT2D eigenvalue weighted by Crippen LogP contribution is 2.23. The molecule has 0 N–H and O–H groups in total. The van der Waals surface area contributed by atoms with Gasteiger partial charge in [-0.15, -0.1) is 0 Å². The Labute approximate surface area is 104 Å². The van der Waals surface area contributed by atoms with E-state index in [0.717, 1.165) is 0 Å². The number of methoxy groups -OCH3 is 1. The summed E-state index contributed by atoms with van der Waals surface area (Å²) in [6, 6.07) is 8.16. The average Bonchev–Trinajstić information content (AvgIpc) is 2.38. The molecule has 0 fully saturated rings. The van der Waals surface area contributed by atoms with Crippen LogP contribution in [-0.2, 0) is 4.74 Å². The van der Waals surface area contributed by atoms with Crippen LogP contribution < -0.4 is 0 Å². The fourth-order valence-corrected chi connectivity index (χ4v) is 1.73. The van der Waals surface area contributed by atoms with Gasteiger partial charge in [0.25, 0.3) is 0 Å². The van der Waals surface area contributed by atoms with Crippen LogP contribution in [0.4, 0.5) is 4.39 Å². The minimum absolute atomic E-state index is 0.248. The number of esters is 1. The standard InChI is InChI=1S/C14H12FNO2/c1-9-7-10(8-16-13(9)14(17)18-2)11-5-3-4-6-12(11)15/h3-8H,1-2H3. The molecule has 0 aliphatic heterocycles. The van der Waals surface area contributed by atoms with E-state index in [2.05, 4.69) is 9.72 Å². The molecule has 0 amide bonds. The van der Waals surface area contributed by atoms with Crippen molar-refractivity contribution >= 4 is 5.97 Å². The van der Waals surface area contributed by atoms with Gasteiger partial charge in [0.2, 0.25) is 0 Å². The minimum atomic E-state index is -0.493. The van der Waals surface area contributed by atoms with Gasteiger partial charge in [0, 0.05) is 17.3 Å². The van der Waals surface area contributed by atoms with E-state index in [9.17, 15) is 9.18 Å². The molecule has 1 heterocycles. The third-order valence-electron chi connectivity index (χ3n) is 2.64. The molecule has 0 aliphatic rings. The number of pyridine rings is 1. The SMILES string of the molecule is COC(=O)c1ncc(-c2ccccc2F)cc1C. The maximum atomic E-state index is 13.6. The van der Waals surface area contributed by atoms with Crippen LogP contribution in [0.3, 0.4) is 0 Å². The van der Waals surface area contributed by atoms with E-state index in [4.69, 9.17) is 0 Å². The predicted molar refractivity (Wildman–Crippen MR) is 65.7 cm³/mol. The molecule has 92 valence electrons. The molecule has 1 aromatic carbocycles. The molecule has 18 heavy (non-hydrogen) atoms. The van der Waals surface area contributed by atoms with E-state index in [1.807, 2.05) is 0 Å². The van der Waals surface area contributed by atoms with Gasteiger partial charge in [-0.1, -0.05) is 18.2 Å². The van der Waals surface area contributed by atoms with Gasteiger partial charge < -0.3 is 4.74 Å². The van der Waals surface area contributed by atoms with Crippen LogP contribution in [-0.4, -0.2) is 18.1 Å². The highest BCUT2D eigenvalue weighted by Gasteiger charge is 2.13. The molecule has 0 aliphatic carbocycles. The zero-order valence-corrected chi connectivity index (χ0v) is 10.1. The molecule has 0 saturated heterocycles. The summed E-state index contributed by atoms with van der Waals surface area (Å²) in [6.45, 7) is 1.74. The number of aryl methyl sites for hydroxylation is 1. The van der Waals surface area contributed by atoms with Crippen molar-refractivity contribution in [2.24, 2.45) is 0 Å². The van der Waals surface area contributed by atoms with Crippen LogP contribution >= 0.6 is 0 Å². The number of carbonyl (C=O) groups is 1. The first-order valence-corrected chi connectivity index (χ1v) is 5.43. The smallest absolute Gasteiger partial charge is 0.356 e. The third kappa shape index (κ3) is 2.22. The quantitative estimate of drug-likeness (QED) is 0.763. The zero-order valence-electron chi connectivity index (χ0n) is 10.1. The number of halogens is 1. The molecule has 0 unspecified atom stereocenters. The number of ether oxygens (including phenoxy) is 1. The number of nitrogens with zero attached hydrogens (tertiary/aromatic N) is 1. The Balaban J connectivity index is 2.47. The van der Waals surface area contributed by atoms with Gasteiger partial charge >= 0.3 is 5.97 Å². The van der Waals surface area contributed by atoms with Crippen LogP contribution in [0.1, 0.15) is 16.1 Å². The Bertz CT molecular complexity index is 596. The number of rotatable bonds is 2.